The van der Waals surface area contributed by atoms with E-state index in [1.807, 2.05) is 38.1 Å². The van der Waals surface area contributed by atoms with Crippen molar-refractivity contribution >= 4 is 21.6 Å². The number of rotatable bonds is 9. The molecule has 5 nitrogen and oxygen atoms in total. The van der Waals surface area contributed by atoms with Crippen LogP contribution in [0.1, 0.15) is 36.5 Å². The molecular weight excluding hydrogens is 422 g/mol. The molecule has 0 atom stereocenters. The number of carbonyl (C=O) groups is 1. The molecule has 3 aromatic carbocycles. The first kappa shape index (κ1) is 23.5. The van der Waals surface area contributed by atoms with Gasteiger partial charge in [0.1, 0.15) is 5.75 Å². The topological polar surface area (TPSA) is 63.7 Å². The molecule has 0 saturated heterocycles. The average molecular weight is 452 g/mol. The fraction of sp³-hybridized carbons (Fsp3) is 0.269. The minimum atomic E-state index is -4.11. The van der Waals surface area contributed by atoms with Gasteiger partial charge in [0.15, 0.2) is 6.61 Å². The Hall–Kier alpha value is -3.12. The van der Waals surface area contributed by atoms with Crippen LogP contribution in [0.5, 0.6) is 5.75 Å². The Bertz CT molecular complexity index is 1140. The van der Waals surface area contributed by atoms with Crippen molar-refractivity contribution in [3.8, 4) is 5.75 Å². The number of hydrogen-bond donors (Lipinski definition) is 0. The van der Waals surface area contributed by atoms with Gasteiger partial charge in [0.05, 0.1) is 10.6 Å². The molecule has 0 bridgehead atoms. The van der Waals surface area contributed by atoms with Crippen LogP contribution in [0.15, 0.2) is 77.7 Å². The lowest BCUT2D eigenvalue weighted by Gasteiger charge is -2.23. The van der Waals surface area contributed by atoms with Gasteiger partial charge in [-0.05, 0) is 68.7 Å². The van der Waals surface area contributed by atoms with Gasteiger partial charge >= 0.3 is 0 Å². The normalized spacial score (nSPS) is 11.2. The van der Waals surface area contributed by atoms with E-state index < -0.39 is 22.5 Å². The highest BCUT2D eigenvalue weighted by molar-refractivity contribution is 7.93. The van der Waals surface area contributed by atoms with Gasteiger partial charge in [-0.25, -0.2) is 8.42 Å². The third-order valence-electron chi connectivity index (χ3n) is 5.16. The van der Waals surface area contributed by atoms with Crippen molar-refractivity contribution in [1.29, 1.82) is 0 Å². The van der Waals surface area contributed by atoms with E-state index >= 15 is 0 Å². The fourth-order valence-corrected chi connectivity index (χ4v) is 4.66. The molecule has 32 heavy (non-hydrogen) atoms. The lowest BCUT2D eigenvalue weighted by molar-refractivity contribution is -0.119. The maximum Gasteiger partial charge on any atom is 0.278 e. The van der Waals surface area contributed by atoms with E-state index in [2.05, 4.69) is 6.92 Å². The Morgan fingerprint density at radius 1 is 0.844 bits per heavy atom. The molecule has 3 rings (SSSR count). The Labute approximate surface area is 190 Å². The molecule has 168 valence electrons. The second kappa shape index (κ2) is 10.5. The molecule has 6 heteroatoms. The molecule has 0 aliphatic heterocycles. The van der Waals surface area contributed by atoms with Crippen LogP contribution in [-0.4, -0.2) is 20.9 Å². The van der Waals surface area contributed by atoms with Crippen molar-refractivity contribution < 1.29 is 17.9 Å². The van der Waals surface area contributed by atoms with Gasteiger partial charge in [0.2, 0.25) is 0 Å². The van der Waals surface area contributed by atoms with Crippen LogP contribution in [0.4, 0.5) is 5.69 Å². The van der Waals surface area contributed by atoms with Gasteiger partial charge in [0, 0.05) is 0 Å². The summed E-state index contributed by atoms with van der Waals surface area (Å²) in [6, 6.07) is 20.8. The summed E-state index contributed by atoms with van der Waals surface area (Å²) in [6.45, 7) is 5.56. The number of anilines is 1. The number of carbonyl (C=O) groups excluding carboxylic acids is 1. The monoisotopic (exact) mass is 451 g/mol. The van der Waals surface area contributed by atoms with Crippen LogP contribution in [0.2, 0.25) is 0 Å². The molecule has 0 aliphatic carbocycles. The van der Waals surface area contributed by atoms with E-state index in [9.17, 15) is 13.2 Å². The highest BCUT2D eigenvalue weighted by Crippen LogP contribution is 2.25. The molecule has 1 amide bonds. The molecule has 0 unspecified atom stereocenters. The van der Waals surface area contributed by atoms with Crippen molar-refractivity contribution in [2.24, 2.45) is 0 Å². The second-order valence-corrected chi connectivity index (χ2v) is 9.63. The van der Waals surface area contributed by atoms with Crippen LogP contribution < -0.4 is 9.04 Å². The first-order chi connectivity index (χ1) is 15.3. The number of sulfonamides is 1. The largest absolute Gasteiger partial charge is 0.484 e. The summed E-state index contributed by atoms with van der Waals surface area (Å²) in [6.07, 6.45) is 3.03. The van der Waals surface area contributed by atoms with Crippen molar-refractivity contribution in [2.45, 2.75) is 44.9 Å². The predicted molar refractivity (Wildman–Crippen MR) is 128 cm³/mol. The van der Waals surface area contributed by atoms with E-state index in [1.165, 1.54) is 12.1 Å². The minimum Gasteiger partial charge on any atom is -0.484 e. The van der Waals surface area contributed by atoms with Crippen LogP contribution in [0, 0.1) is 13.8 Å². The molecular formula is C26H29NO4S. The molecule has 3 aromatic rings. The van der Waals surface area contributed by atoms with E-state index in [0.29, 0.717) is 11.4 Å². The first-order valence-electron chi connectivity index (χ1n) is 10.7. The van der Waals surface area contributed by atoms with E-state index in [1.54, 1.807) is 36.4 Å². The summed E-state index contributed by atoms with van der Waals surface area (Å²) in [5, 5.41) is 0. The summed E-state index contributed by atoms with van der Waals surface area (Å²) in [4.78, 5) is 13.2. The van der Waals surface area contributed by atoms with Gasteiger partial charge in [-0.3, -0.25) is 4.79 Å². The molecule has 0 fully saturated rings. The second-order valence-electron chi connectivity index (χ2n) is 7.85. The van der Waals surface area contributed by atoms with Crippen molar-refractivity contribution in [1.82, 2.24) is 0 Å². The lowest BCUT2D eigenvalue weighted by Crippen LogP contribution is -2.40. The van der Waals surface area contributed by atoms with Crippen LogP contribution in [-0.2, 0) is 21.2 Å². The van der Waals surface area contributed by atoms with Crippen molar-refractivity contribution in [3.63, 3.8) is 0 Å². The number of amides is 1. The average Bonchev–Trinajstić information content (AvgIpc) is 2.78. The molecule has 0 aliphatic rings. The predicted octanol–water partition coefficient (Wildman–Crippen LogP) is 5.45. The Morgan fingerprint density at radius 3 is 1.97 bits per heavy atom. The van der Waals surface area contributed by atoms with Gasteiger partial charge in [-0.2, -0.15) is 4.31 Å². The van der Waals surface area contributed by atoms with Crippen molar-refractivity contribution in [2.75, 3.05) is 10.9 Å². The van der Waals surface area contributed by atoms with Gasteiger partial charge in [-0.15, -0.1) is 0 Å². The highest BCUT2D eigenvalue weighted by Gasteiger charge is 2.31. The number of nitrogens with zero attached hydrogens (tertiary/aromatic N) is 1. The Kier molecular flexibility index (Phi) is 7.70. The summed E-state index contributed by atoms with van der Waals surface area (Å²) < 4.78 is 33.3. The fourth-order valence-electron chi connectivity index (χ4n) is 3.25. The summed E-state index contributed by atoms with van der Waals surface area (Å²) in [7, 11) is -4.11. The van der Waals surface area contributed by atoms with Gasteiger partial charge in [-0.1, -0.05) is 60.9 Å². The Balaban J connectivity index is 1.91. The third kappa shape index (κ3) is 5.77. The van der Waals surface area contributed by atoms with Crippen LogP contribution in [0.3, 0.4) is 0 Å². The molecule has 0 heterocycles. The van der Waals surface area contributed by atoms with E-state index in [4.69, 9.17) is 4.74 Å². The number of aryl methyl sites for hydroxylation is 3. The zero-order chi connectivity index (χ0) is 23.1. The molecule has 0 N–H and O–H groups in total. The molecule has 0 saturated carbocycles. The summed E-state index contributed by atoms with van der Waals surface area (Å²) in [5.74, 6) is -0.154. The summed E-state index contributed by atoms with van der Waals surface area (Å²) >= 11 is 0. The molecule has 0 radical (unpaired) electrons. The lowest BCUT2D eigenvalue weighted by atomic mass is 10.1. The van der Waals surface area contributed by atoms with Gasteiger partial charge in [0.25, 0.3) is 15.9 Å². The third-order valence-corrected chi connectivity index (χ3v) is 6.92. The van der Waals surface area contributed by atoms with Gasteiger partial charge < -0.3 is 4.74 Å². The highest BCUT2D eigenvalue weighted by atomic mass is 32.2. The molecule has 0 aromatic heterocycles. The zero-order valence-electron chi connectivity index (χ0n) is 18.7. The quantitative estimate of drug-likeness (QED) is 0.434. The number of hydrogen-bond acceptors (Lipinski definition) is 4. The number of unbranched alkanes of at least 4 members (excludes halogenated alkanes) is 1. The Morgan fingerprint density at radius 2 is 1.41 bits per heavy atom. The first-order valence-corrected chi connectivity index (χ1v) is 12.2. The number of ether oxygens (including phenoxy) is 1. The van der Waals surface area contributed by atoms with Crippen LogP contribution in [0.25, 0.3) is 0 Å². The maximum atomic E-state index is 13.4. The zero-order valence-corrected chi connectivity index (χ0v) is 19.6. The smallest absolute Gasteiger partial charge is 0.278 e. The van der Waals surface area contributed by atoms with E-state index in [0.717, 1.165) is 40.3 Å². The number of benzene rings is 3. The standard InChI is InChI=1S/C26H29NO4S/c1-4-5-6-22-11-13-23(14-12-22)27(32(29,30)25-17-9-21(3)10-18-25)26(28)19-31-24-15-7-20(2)8-16-24/h7-18H,4-6,19H2,1-3H3. The van der Waals surface area contributed by atoms with E-state index in [-0.39, 0.29) is 4.90 Å². The maximum absolute atomic E-state index is 13.4. The van der Waals surface area contributed by atoms with Crippen molar-refractivity contribution in [3.05, 3.63) is 89.5 Å². The van der Waals surface area contributed by atoms with Crippen LogP contribution >= 0.6 is 0 Å². The molecule has 0 spiro atoms. The summed E-state index contributed by atoms with van der Waals surface area (Å²) in [5.41, 5.74) is 3.40. The SMILES string of the molecule is CCCCc1ccc(N(C(=O)COc2ccc(C)cc2)S(=O)(=O)c2ccc(C)cc2)cc1. The minimum absolute atomic E-state index is 0.0573.